The predicted octanol–water partition coefficient (Wildman–Crippen LogP) is 3.74. The van der Waals surface area contributed by atoms with E-state index in [-0.39, 0.29) is 23.7 Å². The number of carbonyl (C=O) groups is 2. The summed E-state index contributed by atoms with van der Waals surface area (Å²) in [4.78, 5) is 28.2. The molecule has 0 spiro atoms. The smallest absolute Gasteiger partial charge is 0.163 e. The van der Waals surface area contributed by atoms with Gasteiger partial charge in [0.15, 0.2) is 11.6 Å². The van der Waals surface area contributed by atoms with Crippen molar-refractivity contribution in [3.8, 4) is 0 Å². The Bertz CT molecular complexity index is 727. The molecule has 2 fully saturated rings. The molecule has 0 aromatic heterocycles. The molecule has 1 heterocycles. The number of hydrogen-bond acceptors (Lipinski definition) is 4. The first-order valence-electron chi connectivity index (χ1n) is 10.7. The lowest BCUT2D eigenvalue weighted by Gasteiger charge is -2.52. The van der Waals surface area contributed by atoms with E-state index in [1.807, 2.05) is 19.2 Å². The summed E-state index contributed by atoms with van der Waals surface area (Å²) in [7, 11) is 1.97. The number of ketones is 2. The first-order valence-corrected chi connectivity index (χ1v) is 10.7. The van der Waals surface area contributed by atoms with Crippen LogP contribution in [-0.4, -0.2) is 48.2 Å². The molecule has 0 bridgehead atoms. The number of likely N-dealkylation sites (tertiary alicyclic amines) is 1. The Morgan fingerprint density at radius 2 is 2.00 bits per heavy atom. The number of halogens is 1. The molecule has 2 aliphatic carbocycles. The number of aryl methyl sites for hydroxylation is 1. The molecule has 1 atom stereocenters. The molecule has 1 saturated carbocycles. The van der Waals surface area contributed by atoms with E-state index < -0.39 is 0 Å². The van der Waals surface area contributed by atoms with Crippen molar-refractivity contribution in [2.75, 3.05) is 20.1 Å². The van der Waals surface area contributed by atoms with E-state index in [1.54, 1.807) is 0 Å². The van der Waals surface area contributed by atoms with Gasteiger partial charge in [0.25, 0.3) is 0 Å². The van der Waals surface area contributed by atoms with Crippen LogP contribution in [0.2, 0.25) is 0 Å². The average Bonchev–Trinajstić information content (AvgIpc) is 2.62. The Morgan fingerprint density at radius 1 is 1.18 bits per heavy atom. The van der Waals surface area contributed by atoms with E-state index in [0.29, 0.717) is 24.7 Å². The molecule has 1 aromatic carbocycles. The number of nitrogens with zero attached hydrogens (tertiary/aromatic N) is 1. The Balaban J connectivity index is 0.00000225. The van der Waals surface area contributed by atoms with Crippen molar-refractivity contribution in [3.05, 3.63) is 34.9 Å². The summed E-state index contributed by atoms with van der Waals surface area (Å²) in [5.41, 5.74) is 2.72. The van der Waals surface area contributed by atoms with E-state index in [2.05, 4.69) is 16.3 Å². The van der Waals surface area contributed by atoms with E-state index in [9.17, 15) is 9.59 Å². The molecule has 5 heteroatoms. The van der Waals surface area contributed by atoms with Gasteiger partial charge in [-0.25, -0.2) is 0 Å². The minimum absolute atomic E-state index is 0. The summed E-state index contributed by atoms with van der Waals surface area (Å²) >= 11 is 0. The third-order valence-electron chi connectivity index (χ3n) is 6.98. The van der Waals surface area contributed by atoms with Gasteiger partial charge < -0.3 is 5.32 Å². The maximum absolute atomic E-state index is 13.6. The van der Waals surface area contributed by atoms with Crippen molar-refractivity contribution in [1.82, 2.24) is 10.2 Å². The van der Waals surface area contributed by atoms with Gasteiger partial charge in [-0.3, -0.25) is 14.5 Å². The van der Waals surface area contributed by atoms with Gasteiger partial charge in [0.05, 0.1) is 5.54 Å². The molecular weight excluding hydrogens is 372 g/mol. The number of benzene rings is 1. The molecule has 4 nitrogen and oxygen atoms in total. The Kier molecular flexibility index (Phi) is 6.95. The highest BCUT2D eigenvalue weighted by Gasteiger charge is 2.48. The highest BCUT2D eigenvalue weighted by molar-refractivity contribution is 5.98. The summed E-state index contributed by atoms with van der Waals surface area (Å²) in [5.74, 6) is 0.606. The number of hydrogen-bond donors (Lipinski definition) is 1. The first kappa shape index (κ1) is 21.5. The summed E-state index contributed by atoms with van der Waals surface area (Å²) < 4.78 is 0. The van der Waals surface area contributed by atoms with Crippen molar-refractivity contribution < 1.29 is 9.59 Å². The zero-order valence-corrected chi connectivity index (χ0v) is 17.8. The SMILES string of the molecule is CNC[C@]1(C(=O)Cc2ccc3c(c2)CCCC3=O)CCCCN1C1CCC1.Cl. The normalized spacial score (nSPS) is 25.5. The number of rotatable bonds is 6. The lowest BCUT2D eigenvalue weighted by Crippen LogP contribution is -2.66. The lowest BCUT2D eigenvalue weighted by atomic mass is 9.76. The summed E-state index contributed by atoms with van der Waals surface area (Å²) in [6, 6.07) is 6.66. The van der Waals surface area contributed by atoms with Crippen LogP contribution in [0.4, 0.5) is 0 Å². The van der Waals surface area contributed by atoms with Crippen LogP contribution < -0.4 is 5.32 Å². The second kappa shape index (κ2) is 9.06. The molecule has 28 heavy (non-hydrogen) atoms. The fourth-order valence-corrected chi connectivity index (χ4v) is 5.33. The molecular formula is C23H33ClN2O2. The average molecular weight is 405 g/mol. The third-order valence-corrected chi connectivity index (χ3v) is 6.98. The van der Waals surface area contributed by atoms with Gasteiger partial charge in [0, 0.05) is 31.0 Å². The van der Waals surface area contributed by atoms with Gasteiger partial charge in [-0.05, 0) is 69.7 Å². The Morgan fingerprint density at radius 3 is 2.71 bits per heavy atom. The number of fused-ring (bicyclic) bond motifs is 1. The standard InChI is InChI=1S/C23H32N2O2.ClH/c1-24-16-23(12-2-3-13-25(23)19-7-5-8-19)22(27)15-17-10-11-20-18(14-17)6-4-9-21(20)26;/h10-11,14,19,24H,2-9,12-13,15-16H2,1H3;1H/t23-;/m0./s1. The van der Waals surface area contributed by atoms with Gasteiger partial charge in [0.2, 0.25) is 0 Å². The zero-order chi connectivity index (χ0) is 18.9. The van der Waals surface area contributed by atoms with Crippen LogP contribution in [0.3, 0.4) is 0 Å². The molecule has 0 radical (unpaired) electrons. The quantitative estimate of drug-likeness (QED) is 0.784. The van der Waals surface area contributed by atoms with Crippen LogP contribution >= 0.6 is 12.4 Å². The molecule has 4 rings (SSSR count). The van der Waals surface area contributed by atoms with Crippen molar-refractivity contribution in [3.63, 3.8) is 0 Å². The van der Waals surface area contributed by atoms with E-state index in [1.165, 1.54) is 25.7 Å². The van der Waals surface area contributed by atoms with Crippen molar-refractivity contribution >= 4 is 24.0 Å². The maximum atomic E-state index is 13.6. The second-order valence-electron chi connectivity index (χ2n) is 8.67. The van der Waals surface area contributed by atoms with Crippen molar-refractivity contribution in [1.29, 1.82) is 0 Å². The first-order chi connectivity index (χ1) is 13.1. The number of Topliss-reactive ketones (excluding diaryl/α,β-unsaturated/α-hetero) is 2. The fourth-order valence-electron chi connectivity index (χ4n) is 5.33. The summed E-state index contributed by atoms with van der Waals surface area (Å²) in [6.07, 6.45) is 10.1. The molecule has 0 amide bonds. The summed E-state index contributed by atoms with van der Waals surface area (Å²) in [5, 5.41) is 3.33. The van der Waals surface area contributed by atoms with Gasteiger partial charge in [0.1, 0.15) is 0 Å². The number of piperidine rings is 1. The van der Waals surface area contributed by atoms with E-state index >= 15 is 0 Å². The largest absolute Gasteiger partial charge is 0.317 e. The van der Waals surface area contributed by atoms with Gasteiger partial charge in [-0.2, -0.15) is 0 Å². The van der Waals surface area contributed by atoms with Crippen molar-refractivity contribution in [2.24, 2.45) is 0 Å². The minimum Gasteiger partial charge on any atom is -0.317 e. The van der Waals surface area contributed by atoms with Gasteiger partial charge >= 0.3 is 0 Å². The highest BCUT2D eigenvalue weighted by Crippen LogP contribution is 2.38. The van der Waals surface area contributed by atoms with Crippen LogP contribution in [0.5, 0.6) is 0 Å². The molecule has 154 valence electrons. The van der Waals surface area contributed by atoms with Gasteiger partial charge in [-0.15, -0.1) is 12.4 Å². The van der Waals surface area contributed by atoms with Crippen molar-refractivity contribution in [2.45, 2.75) is 75.8 Å². The molecule has 3 aliphatic rings. The lowest BCUT2D eigenvalue weighted by molar-refractivity contribution is -0.137. The highest BCUT2D eigenvalue weighted by atomic mass is 35.5. The molecule has 1 saturated heterocycles. The van der Waals surface area contributed by atoms with E-state index in [4.69, 9.17) is 0 Å². The molecule has 0 unspecified atom stereocenters. The van der Waals surface area contributed by atoms with Crippen LogP contribution in [0.15, 0.2) is 18.2 Å². The molecule has 1 aliphatic heterocycles. The topological polar surface area (TPSA) is 49.4 Å². The number of likely N-dealkylation sites (N-methyl/N-ethyl adjacent to an activating group) is 1. The third kappa shape index (κ3) is 3.92. The Hall–Kier alpha value is -1.23. The zero-order valence-electron chi connectivity index (χ0n) is 17.0. The van der Waals surface area contributed by atoms with Crippen LogP contribution in [0, 0.1) is 0 Å². The van der Waals surface area contributed by atoms with E-state index in [0.717, 1.165) is 55.5 Å². The molecule has 1 aromatic rings. The molecule has 1 N–H and O–H groups in total. The van der Waals surface area contributed by atoms with Crippen LogP contribution in [0.1, 0.15) is 72.9 Å². The second-order valence-corrected chi connectivity index (χ2v) is 8.67. The number of nitrogens with one attached hydrogen (secondary N) is 1. The number of carbonyl (C=O) groups excluding carboxylic acids is 2. The van der Waals surface area contributed by atoms with Gasteiger partial charge in [-0.1, -0.05) is 24.6 Å². The minimum atomic E-state index is -0.357. The fraction of sp³-hybridized carbons (Fsp3) is 0.652. The summed E-state index contributed by atoms with van der Waals surface area (Å²) in [6.45, 7) is 1.79. The predicted molar refractivity (Wildman–Crippen MR) is 115 cm³/mol. The maximum Gasteiger partial charge on any atom is 0.163 e. The Labute approximate surface area is 174 Å². The van der Waals surface area contributed by atoms with Crippen LogP contribution in [-0.2, 0) is 17.6 Å². The van der Waals surface area contributed by atoms with Crippen LogP contribution in [0.25, 0.3) is 0 Å². The monoisotopic (exact) mass is 404 g/mol.